The summed E-state index contributed by atoms with van der Waals surface area (Å²) in [6.07, 6.45) is 0. The quantitative estimate of drug-likeness (QED) is 0.454. The predicted octanol–water partition coefficient (Wildman–Crippen LogP) is 1.47. The Morgan fingerprint density at radius 3 is 1.40 bits per heavy atom. The Balaban J connectivity index is 0. The molecule has 0 atom stereocenters. The van der Waals surface area contributed by atoms with Crippen LogP contribution >= 0.6 is 0 Å². The van der Waals surface area contributed by atoms with E-state index in [1.165, 1.54) is 0 Å². The van der Waals surface area contributed by atoms with E-state index in [0.717, 1.165) is 0 Å². The molecule has 0 aliphatic carbocycles. The third-order valence-corrected chi connectivity index (χ3v) is 0. The van der Waals surface area contributed by atoms with E-state index < -0.39 is 0 Å². The van der Waals surface area contributed by atoms with Gasteiger partial charge in [-0.25, -0.2) is 0 Å². The van der Waals surface area contributed by atoms with E-state index in [1.807, 2.05) is 0 Å². The van der Waals surface area contributed by atoms with Gasteiger partial charge in [0, 0.05) is 32.7 Å². The van der Waals surface area contributed by atoms with Crippen molar-refractivity contribution in [1.82, 2.24) is 0 Å². The largest absolute Gasteiger partial charge is 0.341 e. The van der Waals surface area contributed by atoms with Crippen LogP contribution in [0.15, 0.2) is 0 Å². The van der Waals surface area contributed by atoms with Crippen molar-refractivity contribution in [2.75, 3.05) is 0 Å². The van der Waals surface area contributed by atoms with Crippen molar-refractivity contribution in [3.05, 3.63) is 6.92 Å². The van der Waals surface area contributed by atoms with Crippen molar-refractivity contribution in [2.24, 2.45) is 5.92 Å². The van der Waals surface area contributed by atoms with Gasteiger partial charge in [0.2, 0.25) is 0 Å². The van der Waals surface area contributed by atoms with Crippen LogP contribution in [0.25, 0.3) is 0 Å². The molecule has 0 saturated carbocycles. The van der Waals surface area contributed by atoms with E-state index in [9.17, 15) is 0 Å². The maximum absolute atomic E-state index is 3.64. The Hall–Kier alpha value is 1.10. The van der Waals surface area contributed by atoms with Crippen molar-refractivity contribution in [3.8, 4) is 0 Å². The van der Waals surface area contributed by atoms with E-state index in [2.05, 4.69) is 20.8 Å². The van der Waals surface area contributed by atoms with Crippen LogP contribution in [0.4, 0.5) is 0 Å². The summed E-state index contributed by atoms with van der Waals surface area (Å²) in [5.41, 5.74) is 0. The van der Waals surface area contributed by atoms with Crippen LogP contribution in [-0.2, 0) is 32.7 Å². The zero-order chi connectivity index (χ0) is 3.58. The predicted molar refractivity (Wildman–Crippen MR) is 20.2 cm³/mol. The first-order chi connectivity index (χ1) is 1.73. The molecule has 0 rings (SSSR count). The number of hydrogen-bond donors (Lipinski definition) is 0. The smallest absolute Gasteiger partial charge is 0 e. The van der Waals surface area contributed by atoms with Crippen LogP contribution in [0, 0.1) is 12.8 Å². The van der Waals surface area contributed by atoms with Crippen LogP contribution in [0.5, 0.6) is 0 Å². The molecule has 0 aliphatic heterocycles. The van der Waals surface area contributed by atoms with Crippen LogP contribution < -0.4 is 0 Å². The monoisotopic (exact) mass is 146 g/mol. The van der Waals surface area contributed by atoms with Gasteiger partial charge >= 0.3 is 0 Å². The molecule has 29 valence electrons. The maximum Gasteiger partial charge on any atom is 0 e. The van der Waals surface area contributed by atoms with Crippen LogP contribution in [0.3, 0.4) is 0 Å². The van der Waals surface area contributed by atoms with Crippen molar-refractivity contribution < 1.29 is 32.7 Å². The van der Waals surface area contributed by atoms with Crippen molar-refractivity contribution in [1.29, 1.82) is 0 Å². The zero-order valence-electron chi connectivity index (χ0n) is 3.86. The van der Waals surface area contributed by atoms with Gasteiger partial charge in [-0.3, -0.25) is 0 Å². The van der Waals surface area contributed by atoms with Gasteiger partial charge in [0.1, 0.15) is 0 Å². The zero-order valence-corrected chi connectivity index (χ0v) is 6.70. The molecule has 0 aromatic carbocycles. The summed E-state index contributed by atoms with van der Waals surface area (Å²) in [6.45, 7) is 7.75. The Kier molecular flexibility index (Phi) is 9.64. The molecule has 0 bridgehead atoms. The molecule has 0 N–H and O–H groups in total. The third-order valence-electron chi connectivity index (χ3n) is 0. The average Bonchev–Trinajstić information content (AvgIpc) is 0.811. The summed E-state index contributed by atoms with van der Waals surface area (Å²) in [7, 11) is 0. The van der Waals surface area contributed by atoms with Crippen molar-refractivity contribution in [3.63, 3.8) is 0 Å². The van der Waals surface area contributed by atoms with Gasteiger partial charge in [0.05, 0.1) is 0 Å². The standard InChI is InChI=1S/C4H9.Y/c1-4(2)3;/h4H,1H2,2-3H3;/q-1;. The second-order valence-electron chi connectivity index (χ2n) is 1.39. The fourth-order valence-corrected chi connectivity index (χ4v) is 0. The van der Waals surface area contributed by atoms with Crippen LogP contribution in [0.1, 0.15) is 13.8 Å². The van der Waals surface area contributed by atoms with E-state index >= 15 is 0 Å². The molecule has 0 unspecified atom stereocenters. The molecule has 0 heterocycles. The number of rotatable bonds is 0. The summed E-state index contributed by atoms with van der Waals surface area (Å²) in [4.78, 5) is 0. The van der Waals surface area contributed by atoms with E-state index in [-0.39, 0.29) is 32.7 Å². The Bertz CT molecular complexity index is 8.36. The topological polar surface area (TPSA) is 0 Å². The molecule has 0 aromatic heterocycles. The summed E-state index contributed by atoms with van der Waals surface area (Å²) < 4.78 is 0. The Morgan fingerprint density at radius 1 is 1.40 bits per heavy atom. The van der Waals surface area contributed by atoms with Crippen LogP contribution in [-0.4, -0.2) is 0 Å². The summed E-state index contributed by atoms with van der Waals surface area (Å²) >= 11 is 0. The molecule has 5 heavy (non-hydrogen) atoms. The van der Waals surface area contributed by atoms with Gasteiger partial charge in [-0.05, 0) is 0 Å². The molecular weight excluding hydrogens is 137 g/mol. The second-order valence-corrected chi connectivity index (χ2v) is 1.39. The molecule has 0 aromatic rings. The molecule has 1 heteroatoms. The molecule has 1 radical (unpaired) electrons. The Labute approximate surface area is 59.2 Å². The molecule has 0 nitrogen and oxygen atoms in total. The first kappa shape index (κ1) is 9.44. The Morgan fingerprint density at radius 2 is 1.40 bits per heavy atom. The van der Waals surface area contributed by atoms with E-state index in [4.69, 9.17) is 0 Å². The summed E-state index contributed by atoms with van der Waals surface area (Å²) in [5, 5.41) is 0. The van der Waals surface area contributed by atoms with Gasteiger partial charge in [-0.1, -0.05) is 13.8 Å². The maximum atomic E-state index is 3.64. The molecule has 0 spiro atoms. The van der Waals surface area contributed by atoms with Gasteiger partial charge in [0.25, 0.3) is 0 Å². The molecule has 0 amide bonds. The van der Waals surface area contributed by atoms with E-state index in [1.54, 1.807) is 0 Å². The molecule has 0 aliphatic rings. The SMILES string of the molecule is [CH2-]C(C)C.[Y]. The fourth-order valence-electron chi connectivity index (χ4n) is 0. The van der Waals surface area contributed by atoms with E-state index in [0.29, 0.717) is 5.92 Å². The molecule has 0 saturated heterocycles. The van der Waals surface area contributed by atoms with Crippen molar-refractivity contribution in [2.45, 2.75) is 13.8 Å². The molecule has 0 fully saturated rings. The van der Waals surface area contributed by atoms with Gasteiger partial charge in [0.15, 0.2) is 0 Å². The first-order valence-electron chi connectivity index (χ1n) is 1.56. The second kappa shape index (κ2) is 5.10. The summed E-state index contributed by atoms with van der Waals surface area (Å²) in [5.74, 6) is 0.583. The molecular formula is C4H9Y-. The van der Waals surface area contributed by atoms with Gasteiger partial charge in [-0.2, -0.15) is 5.92 Å². The number of hydrogen-bond acceptors (Lipinski definition) is 0. The minimum absolute atomic E-state index is 0. The minimum atomic E-state index is 0. The van der Waals surface area contributed by atoms with Crippen LogP contribution in [0.2, 0.25) is 0 Å². The first-order valence-corrected chi connectivity index (χ1v) is 1.56. The third kappa shape index (κ3) is 40.4. The van der Waals surface area contributed by atoms with Gasteiger partial charge < -0.3 is 6.92 Å². The minimum Gasteiger partial charge on any atom is -0.341 e. The average molecular weight is 146 g/mol. The summed E-state index contributed by atoms with van der Waals surface area (Å²) in [6, 6.07) is 0. The van der Waals surface area contributed by atoms with Gasteiger partial charge in [-0.15, -0.1) is 0 Å². The van der Waals surface area contributed by atoms with Crippen molar-refractivity contribution >= 4 is 0 Å². The fraction of sp³-hybridized carbons (Fsp3) is 0.750. The normalized spacial score (nSPS) is 7.20.